The number of carbonyl (C=O) groups excluding carboxylic acids is 1. The molecule has 2 aliphatic carbocycles. The molecule has 1 saturated carbocycles. The van der Waals surface area contributed by atoms with E-state index in [1.54, 1.807) is 48.1 Å². The maximum atomic E-state index is 13.4. The summed E-state index contributed by atoms with van der Waals surface area (Å²) in [7, 11) is 0. The van der Waals surface area contributed by atoms with Crippen molar-refractivity contribution >= 4 is 45.9 Å². The van der Waals surface area contributed by atoms with Gasteiger partial charge in [0.15, 0.2) is 5.16 Å². The number of rotatable bonds is 7. The number of hydrogen-bond donors (Lipinski definition) is 1. The van der Waals surface area contributed by atoms with Crippen molar-refractivity contribution in [3.8, 4) is 0 Å². The fourth-order valence-corrected chi connectivity index (χ4v) is 6.82. The highest BCUT2D eigenvalue weighted by Gasteiger charge is 2.27. The monoisotopic (exact) mass is 521 g/mol. The number of aryl methyl sites for hydroxylation is 1. The third-order valence-corrected chi connectivity index (χ3v) is 8.73. The van der Waals surface area contributed by atoms with Crippen molar-refractivity contribution in [2.24, 2.45) is 4.99 Å². The van der Waals surface area contributed by atoms with E-state index in [0.717, 1.165) is 68.7 Å². The third kappa shape index (κ3) is 5.65. The average Bonchev–Trinajstić information content (AvgIpc) is 3.28. The van der Waals surface area contributed by atoms with E-state index in [9.17, 15) is 14.9 Å². The molecule has 1 fully saturated rings. The van der Waals surface area contributed by atoms with Gasteiger partial charge < -0.3 is 5.32 Å². The molecule has 186 valence electrons. The molecule has 5 rings (SSSR count). The van der Waals surface area contributed by atoms with E-state index in [2.05, 4.69) is 20.3 Å². The summed E-state index contributed by atoms with van der Waals surface area (Å²) in [5.74, 6) is -0.0333. The van der Waals surface area contributed by atoms with Crippen LogP contribution in [0.2, 0.25) is 0 Å². The van der Waals surface area contributed by atoms with Crippen LogP contribution in [0.5, 0.6) is 0 Å². The van der Waals surface area contributed by atoms with Gasteiger partial charge in [-0.2, -0.15) is 0 Å². The predicted octanol–water partition coefficient (Wildman–Crippen LogP) is 6.29. The molecule has 2 heterocycles. The highest BCUT2D eigenvalue weighted by molar-refractivity contribution is 7.99. The molecule has 0 bridgehead atoms. The average molecular weight is 522 g/mol. The molecule has 36 heavy (non-hydrogen) atoms. The summed E-state index contributed by atoms with van der Waals surface area (Å²) in [5.41, 5.74) is 2.40. The molecule has 0 atom stereocenters. The molecule has 8 nitrogen and oxygen atoms in total. The highest BCUT2D eigenvalue weighted by Crippen LogP contribution is 2.40. The molecule has 0 aliphatic heterocycles. The number of nitrogens with zero attached hydrogens (tertiary/aromatic N) is 4. The number of carbonyl (C=O) groups is 1. The molecule has 1 amide bonds. The standard InChI is InChI=1S/C26H27N5O3S2/c32-24(30-18-7-2-1-3-8-18)23-19-9-4-5-10-21(19)35-25(23)29-16-17-11-12-22(20(15-17)31(33)34)36-26-27-13-6-14-28-26/h6,11-16,18H,1-5,7-10H2,(H,30,32). The first-order valence-corrected chi connectivity index (χ1v) is 13.9. The zero-order valence-corrected chi connectivity index (χ0v) is 21.4. The molecule has 1 N–H and O–H groups in total. The number of nitrogens with one attached hydrogen (secondary N) is 1. The molecule has 0 radical (unpaired) electrons. The van der Waals surface area contributed by atoms with Crippen LogP contribution in [-0.2, 0) is 12.8 Å². The first-order valence-electron chi connectivity index (χ1n) is 12.3. The van der Waals surface area contributed by atoms with Crippen LogP contribution in [0.4, 0.5) is 10.7 Å². The Balaban J connectivity index is 1.42. The maximum absolute atomic E-state index is 13.4. The third-order valence-electron chi connectivity index (χ3n) is 6.57. The Morgan fingerprint density at radius 2 is 1.92 bits per heavy atom. The minimum atomic E-state index is -0.407. The van der Waals surface area contributed by atoms with E-state index in [1.807, 2.05) is 0 Å². The summed E-state index contributed by atoms with van der Waals surface area (Å²) in [6.07, 6.45) is 14.5. The molecule has 1 aromatic carbocycles. The van der Waals surface area contributed by atoms with Crippen LogP contribution >= 0.6 is 23.1 Å². The fraction of sp³-hybridized carbons (Fsp3) is 0.385. The molecule has 2 aromatic heterocycles. The zero-order chi connectivity index (χ0) is 24.9. The van der Waals surface area contributed by atoms with Crippen LogP contribution in [0.3, 0.4) is 0 Å². The fourth-order valence-electron chi connectivity index (χ4n) is 4.79. The Kier molecular flexibility index (Phi) is 7.72. The Hall–Kier alpha value is -3.11. The number of benzene rings is 1. The van der Waals surface area contributed by atoms with Crippen molar-refractivity contribution in [2.75, 3.05) is 0 Å². The van der Waals surface area contributed by atoms with Gasteiger partial charge in [-0.15, -0.1) is 11.3 Å². The molecule has 3 aromatic rings. The van der Waals surface area contributed by atoms with Crippen LogP contribution in [0.25, 0.3) is 0 Å². The summed E-state index contributed by atoms with van der Waals surface area (Å²) in [5, 5.41) is 16.1. The number of nitro benzene ring substituents is 1. The summed E-state index contributed by atoms with van der Waals surface area (Å²) < 4.78 is 0. The first kappa shape index (κ1) is 24.6. The van der Waals surface area contributed by atoms with Gasteiger partial charge in [0.25, 0.3) is 11.6 Å². The summed E-state index contributed by atoms with van der Waals surface area (Å²) in [6.45, 7) is 0. The second-order valence-electron chi connectivity index (χ2n) is 9.08. The second kappa shape index (κ2) is 11.3. The topological polar surface area (TPSA) is 110 Å². The van der Waals surface area contributed by atoms with Crippen molar-refractivity contribution in [2.45, 2.75) is 73.9 Å². The predicted molar refractivity (Wildman–Crippen MR) is 142 cm³/mol. The van der Waals surface area contributed by atoms with Crippen LogP contribution in [0.1, 0.15) is 71.3 Å². The Morgan fingerprint density at radius 3 is 2.69 bits per heavy atom. The number of nitro groups is 1. The number of aliphatic imine (C=N–C) groups is 1. The maximum Gasteiger partial charge on any atom is 0.283 e. The van der Waals surface area contributed by atoms with E-state index in [4.69, 9.17) is 0 Å². The van der Waals surface area contributed by atoms with Gasteiger partial charge in [0.05, 0.1) is 15.4 Å². The summed E-state index contributed by atoms with van der Waals surface area (Å²) in [6, 6.07) is 6.91. The SMILES string of the molecule is O=C(NC1CCCCC1)c1c(N=Cc2ccc(Sc3ncccn3)c([N+](=O)[O-])c2)sc2c1CCCC2. The molecule has 10 heteroatoms. The Bertz CT molecular complexity index is 1290. The van der Waals surface area contributed by atoms with Crippen molar-refractivity contribution in [3.05, 3.63) is 68.3 Å². The molecule has 0 saturated heterocycles. The lowest BCUT2D eigenvalue weighted by Gasteiger charge is -2.23. The second-order valence-corrected chi connectivity index (χ2v) is 11.2. The van der Waals surface area contributed by atoms with Gasteiger partial charge in [0.2, 0.25) is 0 Å². The molecule has 0 spiro atoms. The first-order chi connectivity index (χ1) is 17.6. The van der Waals surface area contributed by atoms with Gasteiger partial charge in [-0.25, -0.2) is 15.0 Å². The van der Waals surface area contributed by atoms with E-state index >= 15 is 0 Å². The van der Waals surface area contributed by atoms with Crippen LogP contribution in [0.15, 0.2) is 51.7 Å². The van der Waals surface area contributed by atoms with Crippen LogP contribution in [0, 0.1) is 10.1 Å². The van der Waals surface area contributed by atoms with Crippen molar-refractivity contribution < 1.29 is 9.72 Å². The van der Waals surface area contributed by atoms with Gasteiger partial charge in [-0.1, -0.05) is 25.3 Å². The summed E-state index contributed by atoms with van der Waals surface area (Å²) in [4.78, 5) is 39.4. The van der Waals surface area contributed by atoms with E-state index in [-0.39, 0.29) is 17.6 Å². The molecular weight excluding hydrogens is 494 g/mol. The minimum Gasteiger partial charge on any atom is -0.349 e. The van der Waals surface area contributed by atoms with E-state index < -0.39 is 4.92 Å². The Labute approximate surface area is 217 Å². The van der Waals surface area contributed by atoms with Gasteiger partial charge in [-0.05, 0) is 73.5 Å². The van der Waals surface area contributed by atoms with Crippen molar-refractivity contribution in [3.63, 3.8) is 0 Å². The smallest absolute Gasteiger partial charge is 0.283 e. The van der Waals surface area contributed by atoms with Gasteiger partial charge in [-0.3, -0.25) is 14.9 Å². The highest BCUT2D eigenvalue weighted by atomic mass is 32.2. The van der Waals surface area contributed by atoms with E-state index in [0.29, 0.717) is 26.2 Å². The van der Waals surface area contributed by atoms with Crippen LogP contribution < -0.4 is 5.32 Å². The molecule has 2 aliphatic rings. The van der Waals surface area contributed by atoms with Gasteiger partial charge in [0, 0.05) is 35.6 Å². The van der Waals surface area contributed by atoms with Crippen molar-refractivity contribution in [1.82, 2.24) is 15.3 Å². The lowest BCUT2D eigenvalue weighted by molar-refractivity contribution is -0.387. The normalized spacial score (nSPS) is 16.1. The lowest BCUT2D eigenvalue weighted by atomic mass is 9.93. The quantitative estimate of drug-likeness (QED) is 0.169. The van der Waals surface area contributed by atoms with E-state index in [1.165, 1.54) is 17.4 Å². The molecule has 0 unspecified atom stereocenters. The van der Waals surface area contributed by atoms with Gasteiger partial charge in [0.1, 0.15) is 5.00 Å². The number of thiophene rings is 1. The number of fused-ring (bicyclic) bond motifs is 1. The number of amides is 1. The van der Waals surface area contributed by atoms with Crippen LogP contribution in [-0.4, -0.2) is 33.1 Å². The lowest BCUT2D eigenvalue weighted by Crippen LogP contribution is -2.36. The zero-order valence-electron chi connectivity index (χ0n) is 19.8. The van der Waals surface area contributed by atoms with Crippen molar-refractivity contribution in [1.29, 1.82) is 0 Å². The number of aromatic nitrogens is 2. The number of hydrogen-bond acceptors (Lipinski definition) is 8. The largest absolute Gasteiger partial charge is 0.349 e. The van der Waals surface area contributed by atoms with Gasteiger partial charge >= 0.3 is 0 Å². The minimum absolute atomic E-state index is 0.0304. The Morgan fingerprint density at radius 1 is 1.14 bits per heavy atom. The molecular formula is C26H27N5O3S2. The summed E-state index contributed by atoms with van der Waals surface area (Å²) >= 11 is 2.72.